The first-order valence-corrected chi connectivity index (χ1v) is 5.37. The van der Waals surface area contributed by atoms with Crippen LogP contribution in [-0.4, -0.2) is 23.6 Å². The first-order valence-electron chi connectivity index (χ1n) is 5.37. The number of phenols is 1. The fraction of sp³-hybridized carbons (Fsp3) is 0.167. The Morgan fingerprint density at radius 3 is 2.79 bits per heavy atom. The molecule has 0 saturated carbocycles. The largest absolute Gasteiger partial charge is 0.504 e. The molecule has 19 heavy (non-hydrogen) atoms. The zero-order valence-electron chi connectivity index (χ0n) is 10.00. The lowest BCUT2D eigenvalue weighted by Crippen LogP contribution is -2.24. The Hall–Kier alpha value is -2.21. The average molecular weight is 284 g/mol. The number of hydrogen-bond acceptors (Lipinski definition) is 3. The van der Waals surface area contributed by atoms with Gasteiger partial charge < -0.3 is 21.3 Å². The molecule has 1 aromatic rings. The zero-order chi connectivity index (χ0) is 13.1. The van der Waals surface area contributed by atoms with E-state index in [9.17, 15) is 9.90 Å². The lowest BCUT2D eigenvalue weighted by molar-refractivity contribution is -0.114. The van der Waals surface area contributed by atoms with E-state index < -0.39 is 5.91 Å². The van der Waals surface area contributed by atoms with E-state index in [1.54, 1.807) is 18.2 Å². The molecule has 0 fully saturated rings. The molecule has 1 heterocycles. The molecule has 1 amide bonds. The molecule has 0 aromatic heterocycles. The number of ether oxygens (including phenoxy) is 1. The van der Waals surface area contributed by atoms with Crippen molar-refractivity contribution in [2.24, 2.45) is 16.5 Å². The van der Waals surface area contributed by atoms with Crippen molar-refractivity contribution in [3.8, 4) is 11.5 Å². The van der Waals surface area contributed by atoms with Crippen molar-refractivity contribution in [3.63, 3.8) is 0 Å². The molecule has 0 atom stereocenters. The van der Waals surface area contributed by atoms with Gasteiger partial charge >= 0.3 is 0 Å². The summed E-state index contributed by atoms with van der Waals surface area (Å²) in [6, 6.07) is 4.93. The van der Waals surface area contributed by atoms with Gasteiger partial charge in [0.2, 0.25) is 0 Å². The summed E-state index contributed by atoms with van der Waals surface area (Å²) in [5.74, 6) is -0.360. The number of halogens is 1. The van der Waals surface area contributed by atoms with Gasteiger partial charge in [0.15, 0.2) is 17.5 Å². The van der Waals surface area contributed by atoms with Crippen LogP contribution in [-0.2, 0) is 4.79 Å². The quantitative estimate of drug-likeness (QED) is 0.521. The molecule has 1 aliphatic rings. The monoisotopic (exact) mass is 283 g/mol. The predicted molar refractivity (Wildman–Crippen MR) is 74.3 cm³/mol. The van der Waals surface area contributed by atoms with E-state index in [2.05, 4.69) is 4.99 Å². The highest BCUT2D eigenvalue weighted by atomic mass is 35.5. The fourth-order valence-corrected chi connectivity index (χ4v) is 1.69. The standard InChI is InChI=1S/C12H13N3O3.ClH/c13-12(14)15-11(17)8-4-5-18-10-7(6-8)2-1-3-9(10)16;/h1-3,6,16H,4-5H2,(H4,13,14,15,17);1H. The number of phenolic OH excluding ortho intramolecular Hbond substituents is 1. The van der Waals surface area contributed by atoms with Gasteiger partial charge in [-0.15, -0.1) is 12.4 Å². The van der Waals surface area contributed by atoms with Crippen LogP contribution in [0.2, 0.25) is 0 Å². The Labute approximate surface area is 116 Å². The van der Waals surface area contributed by atoms with Crippen LogP contribution in [0.5, 0.6) is 11.5 Å². The highest BCUT2D eigenvalue weighted by Gasteiger charge is 2.17. The van der Waals surface area contributed by atoms with Crippen LogP contribution in [0.1, 0.15) is 12.0 Å². The minimum Gasteiger partial charge on any atom is -0.504 e. The van der Waals surface area contributed by atoms with Crippen LogP contribution in [0, 0.1) is 0 Å². The number of carbonyl (C=O) groups is 1. The fourth-order valence-electron chi connectivity index (χ4n) is 1.69. The summed E-state index contributed by atoms with van der Waals surface area (Å²) in [6.45, 7) is 0.280. The molecule has 0 bridgehead atoms. The third-order valence-electron chi connectivity index (χ3n) is 2.48. The number of rotatable bonds is 1. The number of nitrogens with two attached hydrogens (primary N) is 2. The molecule has 0 radical (unpaired) electrons. The number of guanidine groups is 1. The number of para-hydroxylation sites is 1. The number of nitrogens with zero attached hydrogens (tertiary/aromatic N) is 1. The number of amides is 1. The number of benzene rings is 1. The summed E-state index contributed by atoms with van der Waals surface area (Å²) in [4.78, 5) is 15.2. The van der Waals surface area contributed by atoms with E-state index in [4.69, 9.17) is 16.2 Å². The van der Waals surface area contributed by atoms with Gasteiger partial charge in [-0.05, 0) is 12.1 Å². The van der Waals surface area contributed by atoms with E-state index >= 15 is 0 Å². The molecular formula is C12H14ClN3O3. The molecule has 7 heteroatoms. The summed E-state index contributed by atoms with van der Waals surface area (Å²) < 4.78 is 5.40. The average Bonchev–Trinajstić information content (AvgIpc) is 2.51. The van der Waals surface area contributed by atoms with Gasteiger partial charge in [-0.2, -0.15) is 4.99 Å². The van der Waals surface area contributed by atoms with Crippen molar-refractivity contribution in [2.75, 3.05) is 6.61 Å². The zero-order valence-corrected chi connectivity index (χ0v) is 10.8. The van der Waals surface area contributed by atoms with Gasteiger partial charge in [0.05, 0.1) is 6.61 Å². The van der Waals surface area contributed by atoms with E-state index in [-0.39, 0.29) is 30.7 Å². The van der Waals surface area contributed by atoms with E-state index in [0.717, 1.165) is 0 Å². The summed E-state index contributed by atoms with van der Waals surface area (Å²) >= 11 is 0. The second kappa shape index (κ2) is 6.10. The number of hydrogen-bond donors (Lipinski definition) is 3. The van der Waals surface area contributed by atoms with Crippen LogP contribution in [0.3, 0.4) is 0 Å². The first kappa shape index (κ1) is 14.8. The molecule has 6 nitrogen and oxygen atoms in total. The Bertz CT molecular complexity index is 551. The van der Waals surface area contributed by atoms with Gasteiger partial charge in [-0.25, -0.2) is 0 Å². The summed E-state index contributed by atoms with van der Waals surface area (Å²) in [7, 11) is 0. The number of fused-ring (bicyclic) bond motifs is 1. The molecule has 0 saturated heterocycles. The minimum atomic E-state index is -0.491. The molecule has 102 valence electrons. The molecule has 0 spiro atoms. The Kier molecular flexibility index (Phi) is 4.77. The van der Waals surface area contributed by atoms with Crippen LogP contribution in [0.25, 0.3) is 6.08 Å². The highest BCUT2D eigenvalue weighted by molar-refractivity contribution is 6.04. The van der Waals surface area contributed by atoms with Crippen LogP contribution >= 0.6 is 12.4 Å². The molecule has 1 aliphatic heterocycles. The molecule has 2 rings (SSSR count). The maximum atomic E-state index is 11.7. The molecular weight excluding hydrogens is 270 g/mol. The second-order valence-electron chi connectivity index (χ2n) is 3.81. The smallest absolute Gasteiger partial charge is 0.276 e. The van der Waals surface area contributed by atoms with Gasteiger partial charge in [-0.3, -0.25) is 4.79 Å². The van der Waals surface area contributed by atoms with Crippen molar-refractivity contribution in [1.29, 1.82) is 0 Å². The van der Waals surface area contributed by atoms with E-state index in [1.807, 2.05) is 0 Å². The van der Waals surface area contributed by atoms with Gasteiger partial charge in [0, 0.05) is 17.6 Å². The second-order valence-corrected chi connectivity index (χ2v) is 3.81. The normalized spacial score (nSPS) is 12.9. The Morgan fingerprint density at radius 2 is 2.11 bits per heavy atom. The first-order chi connectivity index (χ1) is 8.58. The van der Waals surface area contributed by atoms with Crippen LogP contribution < -0.4 is 16.2 Å². The number of carbonyl (C=O) groups excluding carboxylic acids is 1. The highest BCUT2D eigenvalue weighted by Crippen LogP contribution is 2.34. The SMILES string of the molecule is Cl.NC(N)=NC(=O)C1=Cc2cccc(O)c2OCC1. The third-order valence-corrected chi connectivity index (χ3v) is 2.48. The molecule has 0 unspecified atom stereocenters. The Balaban J connectivity index is 0.00000180. The lowest BCUT2D eigenvalue weighted by atomic mass is 10.1. The van der Waals surface area contributed by atoms with Crippen LogP contribution in [0.4, 0.5) is 0 Å². The lowest BCUT2D eigenvalue weighted by Gasteiger charge is -2.06. The third kappa shape index (κ3) is 3.38. The number of aromatic hydroxyl groups is 1. The van der Waals surface area contributed by atoms with E-state index in [1.165, 1.54) is 6.07 Å². The van der Waals surface area contributed by atoms with Crippen LogP contribution in [0.15, 0.2) is 28.8 Å². The topological polar surface area (TPSA) is 111 Å². The minimum absolute atomic E-state index is 0. The van der Waals surface area contributed by atoms with Crippen molar-refractivity contribution >= 4 is 30.3 Å². The van der Waals surface area contributed by atoms with Crippen molar-refractivity contribution < 1.29 is 14.6 Å². The van der Waals surface area contributed by atoms with Crippen molar-refractivity contribution in [3.05, 3.63) is 29.3 Å². The van der Waals surface area contributed by atoms with Gasteiger partial charge in [0.1, 0.15) is 0 Å². The molecule has 1 aromatic carbocycles. The van der Waals surface area contributed by atoms with Crippen molar-refractivity contribution in [2.45, 2.75) is 6.42 Å². The maximum absolute atomic E-state index is 11.7. The summed E-state index contributed by atoms with van der Waals surface area (Å²) in [5, 5.41) is 9.64. The Morgan fingerprint density at radius 1 is 1.37 bits per heavy atom. The maximum Gasteiger partial charge on any atom is 0.276 e. The summed E-state index contributed by atoms with van der Waals surface area (Å²) in [5.41, 5.74) is 11.4. The van der Waals surface area contributed by atoms with Crippen molar-refractivity contribution in [1.82, 2.24) is 0 Å². The van der Waals surface area contributed by atoms with Gasteiger partial charge in [-0.1, -0.05) is 12.1 Å². The molecule has 5 N–H and O–H groups in total. The summed E-state index contributed by atoms with van der Waals surface area (Å²) in [6.07, 6.45) is 2.00. The van der Waals surface area contributed by atoms with Gasteiger partial charge in [0.25, 0.3) is 5.91 Å². The van der Waals surface area contributed by atoms with E-state index in [0.29, 0.717) is 23.3 Å². The molecule has 0 aliphatic carbocycles. The predicted octanol–water partition coefficient (Wildman–Crippen LogP) is 0.780. The number of aliphatic imine (C=N–C) groups is 1.